The number of nitrogens with zero attached hydrogens (tertiary/aromatic N) is 3. The summed E-state index contributed by atoms with van der Waals surface area (Å²) in [5.74, 6) is 1.62. The third kappa shape index (κ3) is 6.49. The summed E-state index contributed by atoms with van der Waals surface area (Å²) in [4.78, 5) is 32.6. The van der Waals surface area contributed by atoms with E-state index in [9.17, 15) is 9.59 Å². The van der Waals surface area contributed by atoms with Crippen LogP contribution in [0.2, 0.25) is 0 Å². The Labute approximate surface area is 222 Å². The monoisotopic (exact) mass is 521 g/mol. The number of benzene rings is 2. The van der Waals surface area contributed by atoms with Gasteiger partial charge in [-0.2, -0.15) is 4.98 Å². The van der Waals surface area contributed by atoms with E-state index in [1.807, 2.05) is 26.0 Å². The van der Waals surface area contributed by atoms with Gasteiger partial charge in [-0.25, -0.2) is 0 Å². The largest absolute Gasteiger partial charge is 0.493 e. The fourth-order valence-electron chi connectivity index (χ4n) is 4.44. The van der Waals surface area contributed by atoms with Gasteiger partial charge in [-0.15, -0.1) is 0 Å². The zero-order chi connectivity index (χ0) is 27.1. The highest BCUT2D eigenvalue weighted by Crippen LogP contribution is 2.31. The topological polar surface area (TPSA) is 119 Å². The number of para-hydroxylation sites is 1. The molecule has 2 atom stereocenters. The molecule has 2 heterocycles. The minimum Gasteiger partial charge on any atom is -0.493 e. The number of ether oxygens (including phenoxy) is 2. The SMILES string of the molecule is CCC(C)NC(=O)c1ccccc1NC(=O)C1CCCN(Cc2nc(-c3ccc(OC)c(OC)c3)no2)C1. The molecule has 2 aromatic carbocycles. The van der Waals surface area contributed by atoms with Crippen molar-refractivity contribution >= 4 is 17.5 Å². The Bertz CT molecular complexity index is 1260. The van der Waals surface area contributed by atoms with E-state index in [0.717, 1.165) is 31.4 Å². The highest BCUT2D eigenvalue weighted by molar-refractivity contribution is 6.04. The molecule has 0 radical (unpaired) electrons. The lowest BCUT2D eigenvalue weighted by Crippen LogP contribution is -2.40. The van der Waals surface area contributed by atoms with Gasteiger partial charge in [0.15, 0.2) is 11.5 Å². The summed E-state index contributed by atoms with van der Waals surface area (Å²) < 4.78 is 16.2. The third-order valence-corrected chi connectivity index (χ3v) is 6.76. The Morgan fingerprint density at radius 2 is 1.95 bits per heavy atom. The first-order valence-corrected chi connectivity index (χ1v) is 12.9. The summed E-state index contributed by atoms with van der Waals surface area (Å²) in [7, 11) is 3.16. The number of nitrogens with one attached hydrogen (secondary N) is 2. The van der Waals surface area contributed by atoms with Gasteiger partial charge in [0, 0.05) is 18.2 Å². The lowest BCUT2D eigenvalue weighted by atomic mass is 9.96. The molecule has 2 unspecified atom stereocenters. The summed E-state index contributed by atoms with van der Waals surface area (Å²) >= 11 is 0. The van der Waals surface area contributed by atoms with Crippen molar-refractivity contribution in [3.63, 3.8) is 0 Å². The van der Waals surface area contributed by atoms with E-state index in [1.165, 1.54) is 0 Å². The van der Waals surface area contributed by atoms with Gasteiger partial charge in [0.25, 0.3) is 5.91 Å². The molecule has 38 heavy (non-hydrogen) atoms. The van der Waals surface area contributed by atoms with Gasteiger partial charge in [-0.1, -0.05) is 24.2 Å². The molecule has 0 bridgehead atoms. The number of hydrogen-bond donors (Lipinski definition) is 2. The van der Waals surface area contributed by atoms with Crippen LogP contribution in [0, 0.1) is 5.92 Å². The molecular weight excluding hydrogens is 486 g/mol. The van der Waals surface area contributed by atoms with Crippen molar-refractivity contribution in [1.29, 1.82) is 0 Å². The Balaban J connectivity index is 1.38. The van der Waals surface area contributed by atoms with Crippen LogP contribution in [0.4, 0.5) is 5.69 Å². The molecule has 0 aliphatic carbocycles. The van der Waals surface area contributed by atoms with Crippen LogP contribution in [0.25, 0.3) is 11.4 Å². The summed E-state index contributed by atoms with van der Waals surface area (Å²) in [6, 6.07) is 12.6. The van der Waals surface area contributed by atoms with Crippen LogP contribution in [0.1, 0.15) is 49.4 Å². The third-order valence-electron chi connectivity index (χ3n) is 6.76. The van der Waals surface area contributed by atoms with Crippen molar-refractivity contribution < 1.29 is 23.6 Å². The number of carbonyl (C=O) groups is 2. The maximum absolute atomic E-state index is 13.2. The average Bonchev–Trinajstić information content (AvgIpc) is 3.41. The van der Waals surface area contributed by atoms with Gasteiger partial charge in [0.05, 0.1) is 37.9 Å². The van der Waals surface area contributed by atoms with Crippen molar-refractivity contribution in [2.24, 2.45) is 5.92 Å². The number of rotatable bonds is 10. The van der Waals surface area contributed by atoms with Gasteiger partial charge in [0.1, 0.15) is 0 Å². The summed E-state index contributed by atoms with van der Waals surface area (Å²) in [6.45, 7) is 5.79. The second-order valence-electron chi connectivity index (χ2n) is 9.47. The Morgan fingerprint density at radius 3 is 2.71 bits per heavy atom. The molecule has 3 aromatic rings. The van der Waals surface area contributed by atoms with Gasteiger partial charge in [-0.3, -0.25) is 14.5 Å². The molecule has 10 heteroatoms. The molecule has 0 spiro atoms. The van der Waals surface area contributed by atoms with Crippen molar-refractivity contribution in [2.45, 2.75) is 45.7 Å². The fraction of sp³-hybridized carbons (Fsp3) is 0.429. The second-order valence-corrected chi connectivity index (χ2v) is 9.47. The zero-order valence-corrected chi connectivity index (χ0v) is 22.3. The summed E-state index contributed by atoms with van der Waals surface area (Å²) in [5, 5.41) is 10.1. The first-order chi connectivity index (χ1) is 18.4. The minimum absolute atomic E-state index is 0.0510. The number of anilines is 1. The molecular formula is C28H35N5O5. The van der Waals surface area contributed by atoms with Crippen molar-refractivity contribution in [3.05, 3.63) is 53.9 Å². The Hall–Kier alpha value is -3.92. The van der Waals surface area contributed by atoms with Crippen LogP contribution in [0.5, 0.6) is 11.5 Å². The minimum atomic E-state index is -0.220. The molecule has 1 aliphatic heterocycles. The van der Waals surface area contributed by atoms with Crippen LogP contribution >= 0.6 is 0 Å². The molecule has 2 N–H and O–H groups in total. The number of hydrogen-bond acceptors (Lipinski definition) is 8. The van der Waals surface area contributed by atoms with E-state index in [4.69, 9.17) is 14.0 Å². The standard InChI is InChI=1S/C28H35N5O5/c1-5-18(2)29-28(35)21-10-6-7-11-22(21)30-27(34)20-9-8-14-33(16-20)17-25-31-26(32-38-25)19-12-13-23(36-3)24(15-19)37-4/h6-7,10-13,15,18,20H,5,8-9,14,16-17H2,1-4H3,(H,29,35)(H,30,34). The normalized spacial score (nSPS) is 16.5. The quantitative estimate of drug-likeness (QED) is 0.409. The molecule has 202 valence electrons. The van der Waals surface area contributed by atoms with Crippen LogP contribution in [-0.4, -0.2) is 60.2 Å². The van der Waals surface area contributed by atoms with Gasteiger partial charge in [0.2, 0.25) is 17.6 Å². The van der Waals surface area contributed by atoms with Crippen LogP contribution < -0.4 is 20.1 Å². The smallest absolute Gasteiger partial charge is 0.253 e. The van der Waals surface area contributed by atoms with E-state index in [1.54, 1.807) is 44.6 Å². The predicted molar refractivity (Wildman–Crippen MR) is 143 cm³/mol. The molecule has 0 saturated carbocycles. The molecule has 1 aliphatic rings. The number of carbonyl (C=O) groups excluding carboxylic acids is 2. The maximum Gasteiger partial charge on any atom is 0.253 e. The fourth-order valence-corrected chi connectivity index (χ4v) is 4.44. The summed E-state index contributed by atoms with van der Waals surface area (Å²) in [5.41, 5.74) is 1.74. The van der Waals surface area contributed by atoms with Crippen molar-refractivity contribution in [3.8, 4) is 22.9 Å². The highest BCUT2D eigenvalue weighted by atomic mass is 16.5. The van der Waals surface area contributed by atoms with Gasteiger partial charge < -0.3 is 24.6 Å². The number of aromatic nitrogens is 2. The lowest BCUT2D eigenvalue weighted by Gasteiger charge is -2.31. The number of piperidine rings is 1. The highest BCUT2D eigenvalue weighted by Gasteiger charge is 2.28. The molecule has 1 saturated heterocycles. The second kappa shape index (κ2) is 12.6. The molecule has 2 amide bonds. The number of likely N-dealkylation sites (tertiary alicyclic amines) is 1. The number of amides is 2. The molecule has 10 nitrogen and oxygen atoms in total. The first kappa shape index (κ1) is 27.1. The van der Waals surface area contributed by atoms with E-state index in [2.05, 4.69) is 25.7 Å². The van der Waals surface area contributed by atoms with Gasteiger partial charge >= 0.3 is 0 Å². The number of methoxy groups -OCH3 is 2. The maximum atomic E-state index is 13.2. The van der Waals surface area contributed by atoms with E-state index in [-0.39, 0.29) is 23.8 Å². The molecule has 1 fully saturated rings. The van der Waals surface area contributed by atoms with Crippen LogP contribution in [0.3, 0.4) is 0 Å². The zero-order valence-electron chi connectivity index (χ0n) is 22.3. The molecule has 1 aromatic heterocycles. The van der Waals surface area contributed by atoms with E-state index >= 15 is 0 Å². The van der Waals surface area contributed by atoms with Crippen LogP contribution in [-0.2, 0) is 11.3 Å². The first-order valence-electron chi connectivity index (χ1n) is 12.9. The van der Waals surface area contributed by atoms with Gasteiger partial charge in [-0.05, 0) is 63.1 Å². The van der Waals surface area contributed by atoms with E-state index in [0.29, 0.717) is 47.6 Å². The molecule has 4 rings (SSSR count). The summed E-state index contributed by atoms with van der Waals surface area (Å²) in [6.07, 6.45) is 2.46. The lowest BCUT2D eigenvalue weighted by molar-refractivity contribution is -0.121. The van der Waals surface area contributed by atoms with Crippen LogP contribution in [0.15, 0.2) is 47.0 Å². The Kier molecular flexibility index (Phi) is 8.96. The average molecular weight is 522 g/mol. The predicted octanol–water partition coefficient (Wildman–Crippen LogP) is 4.13. The van der Waals surface area contributed by atoms with Crippen molar-refractivity contribution in [1.82, 2.24) is 20.4 Å². The van der Waals surface area contributed by atoms with E-state index < -0.39 is 0 Å². The van der Waals surface area contributed by atoms with Crippen molar-refractivity contribution in [2.75, 3.05) is 32.6 Å². The Morgan fingerprint density at radius 1 is 1.16 bits per heavy atom.